The highest BCUT2D eigenvalue weighted by molar-refractivity contribution is 7.91. The van der Waals surface area contributed by atoms with Gasteiger partial charge in [0.05, 0.1) is 23.8 Å². The molecule has 1 saturated heterocycles. The van der Waals surface area contributed by atoms with Gasteiger partial charge in [-0.15, -0.1) is 0 Å². The molecule has 0 aromatic heterocycles. The molecule has 6 rings (SSSR count). The van der Waals surface area contributed by atoms with Gasteiger partial charge >= 0.3 is 6.09 Å². The van der Waals surface area contributed by atoms with Gasteiger partial charge in [0.1, 0.15) is 29.4 Å². The van der Waals surface area contributed by atoms with Crippen molar-refractivity contribution in [2.45, 2.75) is 102 Å². The number of sulfonamides is 1. The minimum absolute atomic E-state index is 0.150. The van der Waals surface area contributed by atoms with Gasteiger partial charge in [-0.25, -0.2) is 22.0 Å². The number of amides is 4. The van der Waals surface area contributed by atoms with E-state index in [1.807, 2.05) is 53.3 Å². The molecular formula is C36H43F2N5O8S. The van der Waals surface area contributed by atoms with Crippen LogP contribution in [0.3, 0.4) is 0 Å². The first-order chi connectivity index (χ1) is 24.4. The number of halogens is 2. The number of alkyl carbamates (subject to hydrolysis) is 1. The molecule has 2 aromatic carbocycles. The number of oxime groups is 1. The molecule has 280 valence electrons. The SMILES string of the molecule is CC(C)OC(=O)N[C@H](C(=O)N1C[C@H](ON=C2c3ccccc3-c3ccccc32)C[C@H]1C(=O)N[C@@]1(C(=O)NS(=O)(=O)C2CC2)C[C@H]1C(F)F)C(C)(C)C. The molecule has 1 aliphatic heterocycles. The molecule has 0 spiro atoms. The summed E-state index contributed by atoms with van der Waals surface area (Å²) < 4.78 is 60.4. The third kappa shape index (κ3) is 7.34. The number of benzene rings is 2. The van der Waals surface area contributed by atoms with Crippen LogP contribution in [0, 0.1) is 11.3 Å². The Kier molecular flexibility index (Phi) is 9.83. The van der Waals surface area contributed by atoms with E-state index in [1.165, 1.54) is 4.90 Å². The highest BCUT2D eigenvalue weighted by Gasteiger charge is 2.67. The van der Waals surface area contributed by atoms with E-state index >= 15 is 0 Å². The molecular weight excluding hydrogens is 700 g/mol. The maximum atomic E-state index is 14.3. The maximum Gasteiger partial charge on any atom is 0.408 e. The average Bonchev–Trinajstić information content (AvgIpc) is 3.98. The monoisotopic (exact) mass is 743 g/mol. The third-order valence-electron chi connectivity index (χ3n) is 9.78. The van der Waals surface area contributed by atoms with Crippen molar-refractivity contribution in [2.24, 2.45) is 16.5 Å². The number of hydrogen-bond acceptors (Lipinski definition) is 9. The number of alkyl halides is 2. The Labute approximate surface area is 300 Å². The van der Waals surface area contributed by atoms with Crippen LogP contribution in [-0.2, 0) is 34.0 Å². The Balaban J connectivity index is 1.29. The number of rotatable bonds is 11. The summed E-state index contributed by atoms with van der Waals surface area (Å²) >= 11 is 0. The van der Waals surface area contributed by atoms with Crippen molar-refractivity contribution in [2.75, 3.05) is 6.54 Å². The Morgan fingerprint density at radius 2 is 1.54 bits per heavy atom. The molecule has 2 saturated carbocycles. The normalized spacial score (nSPS) is 24.1. The number of carbonyl (C=O) groups is 4. The van der Waals surface area contributed by atoms with Gasteiger partial charge in [-0.3, -0.25) is 19.1 Å². The zero-order valence-corrected chi connectivity index (χ0v) is 30.3. The second kappa shape index (κ2) is 13.7. The van der Waals surface area contributed by atoms with E-state index in [1.54, 1.807) is 34.6 Å². The van der Waals surface area contributed by atoms with Crippen LogP contribution in [0.25, 0.3) is 11.1 Å². The quantitative estimate of drug-likeness (QED) is 0.250. The molecule has 1 heterocycles. The summed E-state index contributed by atoms with van der Waals surface area (Å²) in [6, 6.07) is 12.7. The average molecular weight is 744 g/mol. The first kappa shape index (κ1) is 37.2. The first-order valence-corrected chi connectivity index (χ1v) is 18.8. The third-order valence-corrected chi connectivity index (χ3v) is 11.6. The van der Waals surface area contributed by atoms with Gasteiger partial charge in [-0.1, -0.05) is 74.5 Å². The number of likely N-dealkylation sites (tertiary alicyclic amines) is 1. The van der Waals surface area contributed by atoms with E-state index in [-0.39, 0.29) is 13.0 Å². The highest BCUT2D eigenvalue weighted by atomic mass is 32.2. The number of hydrogen-bond donors (Lipinski definition) is 3. The second-order valence-corrected chi connectivity index (χ2v) is 17.1. The highest BCUT2D eigenvalue weighted by Crippen LogP contribution is 2.48. The molecule has 0 bridgehead atoms. The van der Waals surface area contributed by atoms with Crippen molar-refractivity contribution >= 4 is 39.5 Å². The zero-order valence-electron chi connectivity index (χ0n) is 29.5. The first-order valence-electron chi connectivity index (χ1n) is 17.3. The number of ether oxygens (including phenoxy) is 1. The predicted octanol–water partition coefficient (Wildman–Crippen LogP) is 3.70. The fourth-order valence-electron chi connectivity index (χ4n) is 6.80. The smallest absolute Gasteiger partial charge is 0.408 e. The van der Waals surface area contributed by atoms with Crippen LogP contribution in [0.4, 0.5) is 13.6 Å². The lowest BCUT2D eigenvalue weighted by Crippen LogP contribution is -2.60. The van der Waals surface area contributed by atoms with Crippen LogP contribution in [0.1, 0.15) is 71.4 Å². The van der Waals surface area contributed by atoms with Gasteiger partial charge < -0.3 is 25.1 Å². The lowest BCUT2D eigenvalue weighted by Gasteiger charge is -2.35. The molecule has 3 N–H and O–H groups in total. The fourth-order valence-corrected chi connectivity index (χ4v) is 8.17. The van der Waals surface area contributed by atoms with Crippen molar-refractivity contribution in [3.05, 3.63) is 59.7 Å². The summed E-state index contributed by atoms with van der Waals surface area (Å²) in [4.78, 5) is 61.6. The molecule has 0 radical (unpaired) electrons. The number of nitrogens with one attached hydrogen (secondary N) is 3. The van der Waals surface area contributed by atoms with E-state index in [4.69, 9.17) is 9.57 Å². The molecule has 16 heteroatoms. The van der Waals surface area contributed by atoms with Crippen molar-refractivity contribution in [1.29, 1.82) is 0 Å². The summed E-state index contributed by atoms with van der Waals surface area (Å²) in [5.74, 6) is -4.53. The van der Waals surface area contributed by atoms with Gasteiger partial charge in [0.15, 0.2) is 0 Å². The van der Waals surface area contributed by atoms with Crippen LogP contribution >= 0.6 is 0 Å². The Bertz CT molecular complexity index is 1860. The summed E-state index contributed by atoms with van der Waals surface area (Å²) in [7, 11) is -4.12. The van der Waals surface area contributed by atoms with E-state index < -0.39 is 93.1 Å². The standard InChI is InChI=1S/C36H43F2N5O8S/c1-19(2)50-34(47)39-29(35(3,4)5)32(45)43-18-20(51-41-28-24-12-8-6-10-22(24)23-11-7-9-13-25(23)28)16-27(43)31(44)40-36(17-26(36)30(37)38)33(46)42-52(48,49)21-14-15-21/h6-13,19-21,26-27,29-30H,14-18H2,1-5H3,(H,39,47)(H,40,44)(H,42,46)/t20-,26+,27+,29-,36+/m1/s1. The molecule has 13 nitrogen and oxygen atoms in total. The van der Waals surface area contributed by atoms with Crippen LogP contribution in [0.15, 0.2) is 53.7 Å². The van der Waals surface area contributed by atoms with E-state index in [0.717, 1.165) is 22.3 Å². The van der Waals surface area contributed by atoms with Gasteiger partial charge in [-0.2, -0.15) is 0 Å². The Hall–Kier alpha value is -4.60. The van der Waals surface area contributed by atoms with Crippen LogP contribution < -0.4 is 15.4 Å². The minimum atomic E-state index is -4.12. The Morgan fingerprint density at radius 1 is 0.962 bits per heavy atom. The summed E-state index contributed by atoms with van der Waals surface area (Å²) in [5.41, 5.74) is 1.02. The topological polar surface area (TPSA) is 173 Å². The largest absolute Gasteiger partial charge is 0.447 e. The predicted molar refractivity (Wildman–Crippen MR) is 186 cm³/mol. The van der Waals surface area contributed by atoms with Crippen molar-refractivity contribution in [1.82, 2.24) is 20.3 Å². The zero-order chi connectivity index (χ0) is 37.7. The van der Waals surface area contributed by atoms with Gasteiger partial charge in [0, 0.05) is 17.5 Å². The summed E-state index contributed by atoms with van der Waals surface area (Å²) in [6.45, 7) is 8.24. The fraction of sp³-hybridized carbons (Fsp3) is 0.528. The van der Waals surface area contributed by atoms with Crippen LogP contribution in [0.2, 0.25) is 0 Å². The molecule has 3 fully saturated rings. The molecule has 52 heavy (non-hydrogen) atoms. The molecule has 4 amide bonds. The molecule has 5 atom stereocenters. The molecule has 0 unspecified atom stereocenters. The molecule has 2 aromatic rings. The lowest BCUT2D eigenvalue weighted by molar-refractivity contribution is -0.143. The van der Waals surface area contributed by atoms with Gasteiger partial charge in [0.25, 0.3) is 5.91 Å². The van der Waals surface area contributed by atoms with Gasteiger partial charge in [0.2, 0.25) is 28.3 Å². The van der Waals surface area contributed by atoms with Crippen molar-refractivity contribution in [3.8, 4) is 11.1 Å². The number of nitrogens with zero attached hydrogens (tertiary/aromatic N) is 2. The minimum Gasteiger partial charge on any atom is -0.447 e. The summed E-state index contributed by atoms with van der Waals surface area (Å²) in [5, 5.41) is 8.69. The second-order valence-electron chi connectivity index (χ2n) is 15.2. The van der Waals surface area contributed by atoms with E-state index in [0.29, 0.717) is 18.6 Å². The van der Waals surface area contributed by atoms with E-state index in [2.05, 4.69) is 15.8 Å². The van der Waals surface area contributed by atoms with E-state index in [9.17, 15) is 36.4 Å². The number of carbonyl (C=O) groups excluding carboxylic acids is 4. The Morgan fingerprint density at radius 3 is 2.04 bits per heavy atom. The maximum absolute atomic E-state index is 14.3. The molecule has 3 aliphatic carbocycles. The van der Waals surface area contributed by atoms with Crippen molar-refractivity contribution in [3.63, 3.8) is 0 Å². The van der Waals surface area contributed by atoms with Crippen molar-refractivity contribution < 1.29 is 46.0 Å². The summed E-state index contributed by atoms with van der Waals surface area (Å²) in [6.07, 6.45) is -5.25. The van der Waals surface area contributed by atoms with Crippen LogP contribution in [0.5, 0.6) is 0 Å². The van der Waals surface area contributed by atoms with Crippen LogP contribution in [-0.4, -0.2) is 90.9 Å². The molecule has 4 aliphatic rings. The number of fused-ring (bicyclic) bond motifs is 3. The lowest BCUT2D eigenvalue weighted by atomic mass is 9.85. The van der Waals surface area contributed by atoms with Gasteiger partial charge in [-0.05, 0) is 49.7 Å².